The maximum absolute atomic E-state index is 4.74. The zero-order valence-corrected chi connectivity index (χ0v) is 37.4. The monoisotopic (exact) mass is 819 g/mol. The summed E-state index contributed by atoms with van der Waals surface area (Å²) < 4.78 is 5.08. The summed E-state index contributed by atoms with van der Waals surface area (Å²) in [7, 11) is 0. The lowest BCUT2D eigenvalue weighted by Gasteiger charge is -2.08. The van der Waals surface area contributed by atoms with Crippen LogP contribution >= 0.6 is 0 Å². The summed E-state index contributed by atoms with van der Waals surface area (Å²) in [6, 6.07) is 40.1. The smallest absolute Gasteiger partial charge is 0.0892 e. The minimum absolute atomic E-state index is 0.868. The lowest BCUT2D eigenvalue weighted by Crippen LogP contribution is -1.97. The van der Waals surface area contributed by atoms with Gasteiger partial charge >= 0.3 is 0 Å². The molecule has 318 valence electrons. The molecule has 0 bridgehead atoms. The van der Waals surface area contributed by atoms with Crippen molar-refractivity contribution in [2.45, 2.75) is 130 Å². The van der Waals surface area contributed by atoms with Crippen molar-refractivity contribution in [3.8, 4) is 11.4 Å². The van der Waals surface area contributed by atoms with Crippen molar-refractivity contribution in [3.63, 3.8) is 0 Å². The predicted octanol–water partition coefficient (Wildman–Crippen LogP) is 17.0. The van der Waals surface area contributed by atoms with Crippen LogP contribution in [0.15, 0.2) is 122 Å². The van der Waals surface area contributed by atoms with Gasteiger partial charge in [0.1, 0.15) is 0 Å². The second kappa shape index (κ2) is 21.9. The molecule has 0 aliphatic rings. The Morgan fingerprint density at radius 3 is 1.13 bits per heavy atom. The lowest BCUT2D eigenvalue weighted by atomic mass is 10.1. The Labute approximate surface area is 370 Å². The van der Waals surface area contributed by atoms with Crippen LogP contribution in [0.3, 0.4) is 0 Å². The third kappa shape index (κ3) is 10.6. The summed E-state index contributed by atoms with van der Waals surface area (Å²) in [4.78, 5) is 9.48. The van der Waals surface area contributed by atoms with Crippen molar-refractivity contribution < 1.29 is 0 Å². The number of fused-ring (bicyclic) bond motifs is 6. The summed E-state index contributed by atoms with van der Waals surface area (Å²) >= 11 is 0. The van der Waals surface area contributed by atoms with Crippen LogP contribution in [0.1, 0.15) is 139 Å². The van der Waals surface area contributed by atoms with Gasteiger partial charge in [0.2, 0.25) is 0 Å². The summed E-state index contributed by atoms with van der Waals surface area (Å²) in [6.07, 6.45) is 34.0. The van der Waals surface area contributed by atoms with Crippen molar-refractivity contribution in [2.75, 3.05) is 0 Å². The molecule has 0 amide bonds. The standard InChI is InChI=1S/C58H66N4/c1-3-5-7-9-11-13-15-21-39-61-55-25-19-17-23-49(55)51-41-45(31-33-57(51)61)27-29-47-35-37-59-53(43-47)54-44-48(36-38-60-54)30-28-46-32-34-58-52(42-46)50-24-18-20-26-56(50)62(58)40-22-16-14-12-10-8-6-4-2/h17-20,23-38,41-44H,3-16,21-22,39-40H2,1-2H3/b29-27+,30-28+. The highest BCUT2D eigenvalue weighted by Crippen LogP contribution is 2.33. The molecule has 0 aliphatic heterocycles. The van der Waals surface area contributed by atoms with Crippen molar-refractivity contribution in [1.29, 1.82) is 0 Å². The van der Waals surface area contributed by atoms with Gasteiger partial charge in [-0.15, -0.1) is 0 Å². The van der Waals surface area contributed by atoms with Crippen molar-refractivity contribution in [3.05, 3.63) is 144 Å². The third-order valence-corrected chi connectivity index (χ3v) is 12.8. The molecular formula is C58H66N4. The van der Waals surface area contributed by atoms with Gasteiger partial charge in [0, 0.05) is 69.1 Å². The van der Waals surface area contributed by atoms with Crippen molar-refractivity contribution in [2.24, 2.45) is 0 Å². The molecule has 0 radical (unpaired) electrons. The maximum Gasteiger partial charge on any atom is 0.0892 e. The minimum Gasteiger partial charge on any atom is -0.340 e. The van der Waals surface area contributed by atoms with Crippen molar-refractivity contribution in [1.82, 2.24) is 19.1 Å². The molecule has 62 heavy (non-hydrogen) atoms. The van der Waals surface area contributed by atoms with Gasteiger partial charge in [0.25, 0.3) is 0 Å². The molecule has 0 N–H and O–H groups in total. The van der Waals surface area contributed by atoms with Crippen LogP contribution in [0.2, 0.25) is 0 Å². The molecule has 0 saturated heterocycles. The molecule has 8 aromatic rings. The highest BCUT2D eigenvalue weighted by molar-refractivity contribution is 6.09. The minimum atomic E-state index is 0.868. The van der Waals surface area contributed by atoms with Crippen LogP contribution in [0.4, 0.5) is 0 Å². The third-order valence-electron chi connectivity index (χ3n) is 12.8. The summed E-state index contributed by atoms with van der Waals surface area (Å²) in [6.45, 7) is 6.72. The molecule has 4 aromatic heterocycles. The van der Waals surface area contributed by atoms with E-state index < -0.39 is 0 Å². The number of para-hydroxylation sites is 2. The van der Waals surface area contributed by atoms with E-state index in [1.165, 1.54) is 157 Å². The van der Waals surface area contributed by atoms with Crippen LogP contribution in [0.5, 0.6) is 0 Å². The van der Waals surface area contributed by atoms with E-state index in [0.29, 0.717) is 0 Å². The molecule has 4 aromatic carbocycles. The van der Waals surface area contributed by atoms with Crippen LogP contribution in [-0.4, -0.2) is 19.1 Å². The average Bonchev–Trinajstić information content (AvgIpc) is 3.80. The summed E-state index contributed by atoms with van der Waals surface area (Å²) in [5.41, 5.74) is 11.7. The van der Waals surface area contributed by atoms with Gasteiger partial charge < -0.3 is 9.13 Å². The molecule has 0 spiro atoms. The molecule has 0 unspecified atom stereocenters. The molecule has 8 rings (SSSR count). The zero-order valence-electron chi connectivity index (χ0n) is 37.4. The molecule has 4 nitrogen and oxygen atoms in total. The average molecular weight is 819 g/mol. The van der Waals surface area contributed by atoms with Gasteiger partial charge in [0.15, 0.2) is 0 Å². The van der Waals surface area contributed by atoms with Gasteiger partial charge in [-0.25, -0.2) is 0 Å². The van der Waals surface area contributed by atoms with Gasteiger partial charge in [-0.2, -0.15) is 0 Å². The molecule has 0 atom stereocenters. The van der Waals surface area contributed by atoms with Crippen molar-refractivity contribution >= 4 is 67.9 Å². The molecular weight excluding hydrogens is 753 g/mol. The fourth-order valence-electron chi connectivity index (χ4n) is 9.41. The number of unbranched alkanes of at least 4 members (excludes halogenated alkanes) is 14. The Morgan fingerprint density at radius 1 is 0.355 bits per heavy atom. The second-order valence-corrected chi connectivity index (χ2v) is 17.5. The van der Waals surface area contributed by atoms with Gasteiger partial charge in [-0.1, -0.05) is 177 Å². The van der Waals surface area contributed by atoms with E-state index in [4.69, 9.17) is 9.97 Å². The topological polar surface area (TPSA) is 35.6 Å². The number of benzene rings is 4. The highest BCUT2D eigenvalue weighted by Gasteiger charge is 2.12. The molecule has 4 heteroatoms. The number of nitrogens with zero attached hydrogens (tertiary/aromatic N) is 4. The largest absolute Gasteiger partial charge is 0.340 e. The van der Waals surface area contributed by atoms with E-state index in [1.807, 2.05) is 12.4 Å². The van der Waals surface area contributed by atoms with E-state index in [1.54, 1.807) is 0 Å². The second-order valence-electron chi connectivity index (χ2n) is 17.5. The Kier molecular flexibility index (Phi) is 15.1. The fourth-order valence-corrected chi connectivity index (χ4v) is 9.41. The molecule has 0 saturated carbocycles. The predicted molar refractivity (Wildman–Crippen MR) is 269 cm³/mol. The van der Waals surface area contributed by atoms with Crippen LogP contribution < -0.4 is 0 Å². The Bertz CT molecular complexity index is 2550. The fraction of sp³-hybridized carbons (Fsp3) is 0.345. The zero-order chi connectivity index (χ0) is 42.4. The maximum atomic E-state index is 4.74. The van der Waals surface area contributed by atoms with E-state index in [2.05, 4.69) is 156 Å². The number of hydrogen-bond acceptors (Lipinski definition) is 2. The Hall–Kier alpha value is -5.74. The lowest BCUT2D eigenvalue weighted by molar-refractivity contribution is 0.553. The van der Waals surface area contributed by atoms with E-state index in [0.717, 1.165) is 35.6 Å². The number of aromatic nitrogens is 4. The number of hydrogen-bond donors (Lipinski definition) is 0. The van der Waals surface area contributed by atoms with Gasteiger partial charge in [0.05, 0.1) is 11.4 Å². The van der Waals surface area contributed by atoms with Crippen LogP contribution in [-0.2, 0) is 13.1 Å². The molecule has 0 fully saturated rings. The number of rotatable bonds is 23. The first-order chi connectivity index (χ1) is 30.7. The molecule has 4 heterocycles. The highest BCUT2D eigenvalue weighted by atomic mass is 15.0. The number of pyridine rings is 2. The van der Waals surface area contributed by atoms with E-state index in [-0.39, 0.29) is 0 Å². The Morgan fingerprint density at radius 2 is 0.710 bits per heavy atom. The van der Waals surface area contributed by atoms with Crippen LogP contribution in [0, 0.1) is 0 Å². The summed E-state index contributed by atoms with van der Waals surface area (Å²) in [5, 5.41) is 5.32. The number of aryl methyl sites for hydroxylation is 2. The first-order valence-electron chi connectivity index (χ1n) is 24.0. The Balaban J connectivity index is 0.929. The van der Waals surface area contributed by atoms with Gasteiger partial charge in [-0.3, -0.25) is 9.97 Å². The summed E-state index contributed by atoms with van der Waals surface area (Å²) in [5.74, 6) is 0. The van der Waals surface area contributed by atoms with Crippen LogP contribution in [0.25, 0.3) is 79.3 Å². The molecule has 0 aliphatic carbocycles. The van der Waals surface area contributed by atoms with E-state index >= 15 is 0 Å². The van der Waals surface area contributed by atoms with E-state index in [9.17, 15) is 0 Å². The van der Waals surface area contributed by atoms with Gasteiger partial charge in [-0.05, 0) is 95.8 Å². The quantitative estimate of drug-likeness (QED) is 0.0603. The normalized spacial score (nSPS) is 12.1. The first-order valence-corrected chi connectivity index (χ1v) is 24.0. The SMILES string of the molecule is CCCCCCCCCCn1c2ccccc2c2cc(/C=C/c3ccnc(-c4cc(/C=C/c5ccc6c(c5)c5ccccc5n6CCCCCCCCCC)ccn4)c3)ccc21. The first kappa shape index (κ1) is 42.9.